The van der Waals surface area contributed by atoms with Gasteiger partial charge in [-0.05, 0) is 51.8 Å². The molecule has 2 rings (SSSR count). The fourth-order valence-corrected chi connectivity index (χ4v) is 4.41. The van der Waals surface area contributed by atoms with Gasteiger partial charge in [0.2, 0.25) is 21.8 Å². The number of carbonyl (C=O) groups is 2. The lowest BCUT2D eigenvalue weighted by Gasteiger charge is -2.18. The molecule has 2 atom stereocenters. The van der Waals surface area contributed by atoms with E-state index < -0.39 is 16.0 Å². The van der Waals surface area contributed by atoms with Crippen LogP contribution in [0.25, 0.3) is 0 Å². The lowest BCUT2D eigenvalue weighted by atomic mass is 10.1. The van der Waals surface area contributed by atoms with E-state index in [-0.39, 0.29) is 45.6 Å². The number of carboxylic acids is 1. The van der Waals surface area contributed by atoms with Gasteiger partial charge in [-0.2, -0.15) is 5.10 Å². The van der Waals surface area contributed by atoms with E-state index in [1.807, 2.05) is 13.8 Å². The fraction of sp³-hybridized carbons (Fsp3) is 0.500. The van der Waals surface area contributed by atoms with E-state index in [1.165, 1.54) is 22.9 Å². The Balaban J connectivity index is 2.58. The first-order valence-corrected chi connectivity index (χ1v) is 12.4. The molecule has 0 fully saturated rings. The predicted molar refractivity (Wildman–Crippen MR) is 124 cm³/mol. The summed E-state index contributed by atoms with van der Waals surface area (Å²) in [5.41, 5.74) is 0.410. The van der Waals surface area contributed by atoms with Crippen molar-refractivity contribution in [2.45, 2.75) is 71.9 Å². The predicted octanol–water partition coefficient (Wildman–Crippen LogP) is 3.76. The molecular formula is C22H32N4O6S. The third-order valence-corrected chi connectivity index (χ3v) is 6.98. The van der Waals surface area contributed by atoms with Crippen LogP contribution >= 0.6 is 0 Å². The molecule has 33 heavy (non-hydrogen) atoms. The number of carbonyl (C=O) groups excluding carboxylic acids is 1. The number of rotatable bonds is 11. The largest absolute Gasteiger partial charge is 0.476 e. The van der Waals surface area contributed by atoms with Crippen molar-refractivity contribution in [2.24, 2.45) is 5.92 Å². The normalized spacial score (nSPS) is 13.4. The highest BCUT2D eigenvalue weighted by atomic mass is 32.2. The Hall–Kier alpha value is -2.92. The molecule has 11 heteroatoms. The summed E-state index contributed by atoms with van der Waals surface area (Å²) in [5, 5.41) is 16.2. The highest BCUT2D eigenvalue weighted by Gasteiger charge is 2.26. The van der Waals surface area contributed by atoms with Gasteiger partial charge in [0, 0.05) is 29.8 Å². The highest BCUT2D eigenvalue weighted by molar-refractivity contribution is 7.89. The van der Waals surface area contributed by atoms with Gasteiger partial charge in [0.05, 0.1) is 0 Å². The molecule has 1 aromatic heterocycles. The van der Waals surface area contributed by atoms with Crippen LogP contribution in [0.3, 0.4) is 0 Å². The molecule has 0 aliphatic rings. The molecule has 0 saturated carbocycles. The van der Waals surface area contributed by atoms with Crippen molar-refractivity contribution < 1.29 is 27.9 Å². The molecule has 2 unspecified atom stereocenters. The summed E-state index contributed by atoms with van der Waals surface area (Å²) < 4.78 is 36.2. The summed E-state index contributed by atoms with van der Waals surface area (Å²) in [5.74, 6) is -1.56. The second-order valence-corrected chi connectivity index (χ2v) is 9.57. The van der Waals surface area contributed by atoms with Crippen molar-refractivity contribution in [2.75, 3.05) is 5.32 Å². The minimum Gasteiger partial charge on any atom is -0.476 e. The molecule has 1 aromatic carbocycles. The average Bonchev–Trinajstić information content (AvgIpc) is 3.09. The van der Waals surface area contributed by atoms with Crippen molar-refractivity contribution >= 4 is 27.6 Å². The number of nitrogens with one attached hydrogen (secondary N) is 2. The van der Waals surface area contributed by atoms with Gasteiger partial charge in [-0.1, -0.05) is 20.8 Å². The van der Waals surface area contributed by atoms with Crippen LogP contribution in [-0.4, -0.2) is 41.2 Å². The Bertz CT molecular complexity index is 1130. The topological polar surface area (TPSA) is 140 Å². The van der Waals surface area contributed by atoms with Gasteiger partial charge in [0.15, 0.2) is 5.69 Å². The number of amides is 1. The van der Waals surface area contributed by atoms with Gasteiger partial charge in [0.25, 0.3) is 0 Å². The van der Waals surface area contributed by atoms with E-state index in [9.17, 15) is 23.1 Å². The lowest BCUT2D eigenvalue weighted by Crippen LogP contribution is -2.32. The standard InChI is InChI=1S/C22H32N4O6S/c1-7-13(4)20(27)23-16-10-11-17(18(12-16)33(30,31)25-14(5)8-2)32-21-15(6)19(22(28)29)24-26(21)9-3/h10-14,25H,7-9H2,1-6H3,(H,23,27)(H,28,29). The van der Waals surface area contributed by atoms with Crippen molar-refractivity contribution in [3.8, 4) is 11.6 Å². The molecule has 0 aliphatic carbocycles. The Morgan fingerprint density at radius 1 is 1.18 bits per heavy atom. The molecule has 10 nitrogen and oxygen atoms in total. The maximum Gasteiger partial charge on any atom is 0.356 e. The minimum atomic E-state index is -4.02. The Morgan fingerprint density at radius 3 is 2.39 bits per heavy atom. The number of aryl methyl sites for hydroxylation is 1. The third-order valence-electron chi connectivity index (χ3n) is 5.37. The molecule has 0 spiro atoms. The van der Waals surface area contributed by atoms with E-state index >= 15 is 0 Å². The molecule has 182 valence electrons. The van der Waals surface area contributed by atoms with Crippen molar-refractivity contribution in [3.05, 3.63) is 29.5 Å². The third kappa shape index (κ3) is 6.11. The molecule has 0 aliphatic heterocycles. The first-order valence-electron chi connectivity index (χ1n) is 10.9. The van der Waals surface area contributed by atoms with Gasteiger partial charge < -0.3 is 15.2 Å². The maximum atomic E-state index is 13.2. The van der Waals surface area contributed by atoms with Crippen molar-refractivity contribution in [1.29, 1.82) is 0 Å². The number of hydrogen-bond donors (Lipinski definition) is 3. The molecule has 2 aromatic rings. The number of aromatic nitrogens is 2. The monoisotopic (exact) mass is 480 g/mol. The molecule has 0 radical (unpaired) electrons. The van der Waals surface area contributed by atoms with Gasteiger partial charge in [-0.25, -0.2) is 22.6 Å². The van der Waals surface area contributed by atoms with E-state index in [2.05, 4.69) is 15.1 Å². The van der Waals surface area contributed by atoms with Crippen LogP contribution in [0.5, 0.6) is 11.6 Å². The summed E-state index contributed by atoms with van der Waals surface area (Å²) >= 11 is 0. The second kappa shape index (κ2) is 10.8. The van der Waals surface area contributed by atoms with Gasteiger partial charge >= 0.3 is 5.97 Å². The van der Waals surface area contributed by atoms with Crippen molar-refractivity contribution in [1.82, 2.24) is 14.5 Å². The number of nitrogens with zero attached hydrogens (tertiary/aromatic N) is 2. The summed E-state index contributed by atoms with van der Waals surface area (Å²) in [7, 11) is -4.02. The number of hydrogen-bond acceptors (Lipinski definition) is 6. The van der Waals surface area contributed by atoms with Gasteiger partial charge in [0.1, 0.15) is 10.6 Å². The van der Waals surface area contributed by atoms with Crippen LogP contribution in [0.1, 0.15) is 63.5 Å². The van der Waals surface area contributed by atoms with Crippen LogP contribution in [0.2, 0.25) is 0 Å². The number of benzene rings is 1. The van der Waals surface area contributed by atoms with Gasteiger partial charge in [-0.3, -0.25) is 4.79 Å². The Morgan fingerprint density at radius 2 is 1.85 bits per heavy atom. The smallest absolute Gasteiger partial charge is 0.356 e. The zero-order valence-corrected chi connectivity index (χ0v) is 20.6. The molecule has 1 heterocycles. The van der Waals surface area contributed by atoms with Gasteiger partial charge in [-0.15, -0.1) is 0 Å². The Kier molecular flexibility index (Phi) is 8.62. The SMILES string of the molecule is CCC(C)NS(=O)(=O)c1cc(NC(=O)C(C)CC)ccc1Oc1c(C)c(C(=O)O)nn1CC. The summed E-state index contributed by atoms with van der Waals surface area (Å²) in [4.78, 5) is 23.6. The molecule has 3 N–H and O–H groups in total. The molecular weight excluding hydrogens is 448 g/mol. The van der Waals surface area contributed by atoms with E-state index in [0.717, 1.165) is 0 Å². The summed E-state index contributed by atoms with van der Waals surface area (Å²) in [6.07, 6.45) is 1.21. The van der Waals surface area contributed by atoms with E-state index in [0.29, 0.717) is 25.1 Å². The van der Waals surface area contributed by atoms with Crippen LogP contribution in [0.15, 0.2) is 23.1 Å². The number of anilines is 1. The second-order valence-electron chi connectivity index (χ2n) is 7.89. The Labute approximate surface area is 194 Å². The zero-order chi connectivity index (χ0) is 24.9. The zero-order valence-electron chi connectivity index (χ0n) is 19.8. The van der Waals surface area contributed by atoms with Crippen LogP contribution in [-0.2, 0) is 21.4 Å². The van der Waals surface area contributed by atoms with Crippen LogP contribution in [0.4, 0.5) is 5.69 Å². The van der Waals surface area contributed by atoms with Crippen LogP contribution in [0, 0.1) is 12.8 Å². The fourth-order valence-electron chi connectivity index (χ4n) is 2.93. The van der Waals surface area contributed by atoms with E-state index in [4.69, 9.17) is 4.74 Å². The highest BCUT2D eigenvalue weighted by Crippen LogP contribution is 2.34. The number of ether oxygens (including phenoxy) is 1. The van der Waals surface area contributed by atoms with E-state index in [1.54, 1.807) is 27.7 Å². The summed E-state index contributed by atoms with van der Waals surface area (Å²) in [6, 6.07) is 3.98. The summed E-state index contributed by atoms with van der Waals surface area (Å²) in [6.45, 7) is 10.9. The van der Waals surface area contributed by atoms with Crippen LogP contribution < -0.4 is 14.8 Å². The average molecular weight is 481 g/mol. The number of sulfonamides is 1. The number of carboxylic acid groups (broad SMARTS) is 1. The maximum absolute atomic E-state index is 13.2. The molecule has 0 bridgehead atoms. The minimum absolute atomic E-state index is 0.0121. The lowest BCUT2D eigenvalue weighted by molar-refractivity contribution is -0.119. The quantitative estimate of drug-likeness (QED) is 0.445. The molecule has 0 saturated heterocycles. The first-order chi connectivity index (χ1) is 15.4. The van der Waals surface area contributed by atoms with Crippen molar-refractivity contribution in [3.63, 3.8) is 0 Å². The first kappa shape index (κ1) is 26.3. The number of aromatic carboxylic acids is 1. The molecule has 1 amide bonds.